The second-order valence-corrected chi connectivity index (χ2v) is 16.3. The fraction of sp³-hybridized carbons (Fsp3) is 0.419. The number of hydrogen-bond donors (Lipinski definition) is 1. The third kappa shape index (κ3) is 9.11. The first-order valence-corrected chi connectivity index (χ1v) is 18.4. The number of hydrogen-bond acceptors (Lipinski definition) is 2. The number of benzene rings is 4. The summed E-state index contributed by atoms with van der Waals surface area (Å²) in [4.78, 5) is 14.8. The minimum atomic E-state index is -1.18. The van der Waals surface area contributed by atoms with Gasteiger partial charge in [-0.3, -0.25) is 0 Å². The molecule has 0 aliphatic rings. The number of carbonyl (C=O) groups is 1. The first-order valence-electron chi connectivity index (χ1n) is 17.2. The van der Waals surface area contributed by atoms with Crippen molar-refractivity contribution in [3.63, 3.8) is 0 Å². The molecule has 0 spiro atoms. The largest absolute Gasteiger partial charge is 0.872 e. The van der Waals surface area contributed by atoms with Gasteiger partial charge in [-0.2, -0.15) is 0 Å². The summed E-state index contributed by atoms with van der Waals surface area (Å²) < 4.78 is 0. The van der Waals surface area contributed by atoms with Crippen LogP contribution in [0.1, 0.15) is 162 Å². The smallest absolute Gasteiger partial charge is 0.335 e. The molecule has 4 aromatic carbocycles. The van der Waals surface area contributed by atoms with Gasteiger partial charge in [0.1, 0.15) is 10.9 Å². The lowest BCUT2D eigenvalue weighted by Gasteiger charge is -2.26. The Morgan fingerprint density at radius 2 is 0.872 bits per heavy atom. The third-order valence-corrected chi connectivity index (χ3v) is 11.2. The van der Waals surface area contributed by atoms with Crippen LogP contribution in [0, 0.1) is 0 Å². The highest BCUT2D eigenvalue weighted by Crippen LogP contribution is 2.47. The van der Waals surface area contributed by atoms with Gasteiger partial charge in [0.05, 0.1) is 5.56 Å². The molecule has 3 nitrogen and oxygen atoms in total. The molecule has 0 aliphatic heterocycles. The minimum absolute atomic E-state index is 0.178. The molecule has 4 aromatic rings. The summed E-state index contributed by atoms with van der Waals surface area (Å²) in [7, 11) is -0.186. The van der Waals surface area contributed by atoms with Crippen LogP contribution in [0.15, 0.2) is 93.5 Å². The summed E-state index contributed by atoms with van der Waals surface area (Å²) in [6.07, 6.45) is 0. The maximum absolute atomic E-state index is 10.7. The molecule has 47 heavy (non-hydrogen) atoms. The number of carboxylic acid groups (broad SMARTS) is 1. The van der Waals surface area contributed by atoms with Crippen LogP contribution < -0.4 is 5.11 Å². The fourth-order valence-corrected chi connectivity index (χ4v) is 9.01. The summed E-state index contributed by atoms with van der Waals surface area (Å²) in [5, 5.41) is 19.0. The normalized spacial score (nSPS) is 11.7. The van der Waals surface area contributed by atoms with Crippen LogP contribution in [0.5, 0.6) is 5.75 Å². The van der Waals surface area contributed by atoms with E-state index in [0.29, 0.717) is 35.5 Å². The summed E-state index contributed by atoms with van der Waals surface area (Å²) >= 11 is 0. The topological polar surface area (TPSA) is 60.4 Å². The van der Waals surface area contributed by atoms with E-state index in [1.807, 2.05) is 0 Å². The Labute approximate surface area is 287 Å². The minimum Gasteiger partial charge on any atom is -0.872 e. The highest BCUT2D eigenvalue weighted by Gasteiger charge is 2.40. The molecule has 0 unspecified atom stereocenters. The molecule has 0 saturated carbocycles. The van der Waals surface area contributed by atoms with Crippen molar-refractivity contribution < 1.29 is 15.0 Å². The van der Waals surface area contributed by atoms with Crippen molar-refractivity contribution in [2.75, 3.05) is 0 Å². The summed E-state index contributed by atoms with van der Waals surface area (Å²) in [5.74, 6) is 1.26. The quantitative estimate of drug-likeness (QED) is 0.173. The second kappa shape index (κ2) is 16.6. The van der Waals surface area contributed by atoms with Crippen molar-refractivity contribution in [2.24, 2.45) is 0 Å². The molecule has 0 aromatic heterocycles. The van der Waals surface area contributed by atoms with Crippen LogP contribution in [0.4, 0.5) is 0 Å². The second-order valence-electron chi connectivity index (χ2n) is 14.4. The Balaban J connectivity index is 0.000000511. The third-order valence-electron chi connectivity index (χ3n) is 8.66. The molecule has 0 atom stereocenters. The first kappa shape index (κ1) is 38.0. The molecule has 0 fully saturated rings. The Bertz CT molecular complexity index is 1500. The van der Waals surface area contributed by atoms with Crippen LogP contribution in [0.3, 0.4) is 0 Å². The Hall–Kier alpha value is -3.50. The Kier molecular flexibility index (Phi) is 13.4. The zero-order valence-corrected chi connectivity index (χ0v) is 31.5. The molecule has 0 radical (unpaired) electrons. The highest BCUT2D eigenvalue weighted by atomic mass is 32.2. The summed E-state index contributed by atoms with van der Waals surface area (Å²) in [6.45, 7) is 28.4. The van der Waals surface area contributed by atoms with Crippen LogP contribution in [0.2, 0.25) is 0 Å². The van der Waals surface area contributed by atoms with Gasteiger partial charge in [-0.1, -0.05) is 149 Å². The van der Waals surface area contributed by atoms with E-state index in [9.17, 15) is 9.90 Å². The van der Waals surface area contributed by atoms with E-state index in [4.69, 9.17) is 5.11 Å². The van der Waals surface area contributed by atoms with Crippen LogP contribution in [0.25, 0.3) is 0 Å². The zero-order valence-electron chi connectivity index (χ0n) is 30.6. The van der Waals surface area contributed by atoms with Crippen molar-refractivity contribution in [2.45, 2.75) is 133 Å². The first-order chi connectivity index (χ1) is 22.1. The maximum atomic E-state index is 10.7. The van der Waals surface area contributed by atoms with E-state index in [1.54, 1.807) is 9.79 Å². The average Bonchev–Trinajstić information content (AvgIpc) is 3.01. The molecule has 0 amide bonds. The molecular formula is C43H56O3S. The van der Waals surface area contributed by atoms with E-state index in [0.717, 1.165) is 0 Å². The van der Waals surface area contributed by atoms with Gasteiger partial charge in [0.25, 0.3) is 0 Å². The molecule has 0 heterocycles. The van der Waals surface area contributed by atoms with Gasteiger partial charge in [0.15, 0.2) is 14.7 Å². The van der Waals surface area contributed by atoms with Crippen LogP contribution in [-0.4, -0.2) is 11.1 Å². The van der Waals surface area contributed by atoms with Gasteiger partial charge in [-0.25, -0.2) is 4.79 Å². The van der Waals surface area contributed by atoms with Gasteiger partial charge >= 0.3 is 5.97 Å². The average molecular weight is 653 g/mol. The van der Waals surface area contributed by atoms with Crippen LogP contribution >= 0.6 is 0 Å². The molecule has 0 saturated heterocycles. The molecule has 252 valence electrons. The lowest BCUT2D eigenvalue weighted by Crippen LogP contribution is -2.18. The predicted molar refractivity (Wildman–Crippen MR) is 199 cm³/mol. The van der Waals surface area contributed by atoms with Gasteiger partial charge in [0, 0.05) is 22.3 Å². The Morgan fingerprint density at radius 1 is 0.532 bits per heavy atom. The van der Waals surface area contributed by atoms with E-state index in [1.165, 1.54) is 62.5 Å². The zero-order chi connectivity index (χ0) is 35.2. The molecule has 0 bridgehead atoms. The van der Waals surface area contributed by atoms with E-state index >= 15 is 0 Å². The number of rotatable bonds is 10. The monoisotopic (exact) mass is 652 g/mol. The standard InChI is InChI=1S/C36H51S.C7H6O3/c1-22(2)28-18-31(24(5)6)35(32(19-28)25(7)8)37(30-16-14-13-15-17-30)36-33(26(9)10)20-29(23(3)4)21-34(36)27(11)12;8-6-4-2-1-3-5(6)7(9)10/h13-27H,1-12H3;1-4,8H,(H,9,10)/q+1;/p-1. The predicted octanol–water partition coefficient (Wildman–Crippen LogP) is 12.0. The van der Waals surface area contributed by atoms with E-state index < -0.39 is 11.7 Å². The van der Waals surface area contributed by atoms with Gasteiger partial charge < -0.3 is 10.2 Å². The van der Waals surface area contributed by atoms with Crippen molar-refractivity contribution >= 4 is 16.9 Å². The summed E-state index contributed by atoms with van der Waals surface area (Å²) in [5.41, 5.74) is 8.87. The van der Waals surface area contributed by atoms with Crippen molar-refractivity contribution in [1.82, 2.24) is 0 Å². The lowest BCUT2D eigenvalue weighted by atomic mass is 9.89. The van der Waals surface area contributed by atoms with Crippen molar-refractivity contribution in [3.8, 4) is 5.75 Å². The molecule has 4 rings (SSSR count). The molecule has 4 heteroatoms. The molecule has 0 aliphatic carbocycles. The van der Waals surface area contributed by atoms with Gasteiger partial charge in [0.2, 0.25) is 0 Å². The SMILES string of the molecule is CC(C)c1cc(C(C)C)c([S+](c2ccccc2)c2c(C(C)C)cc(C(C)C)cc2C(C)C)c(C(C)C)c1.O=C(O)c1ccccc1[O-]. The van der Waals surface area contributed by atoms with Gasteiger partial charge in [-0.15, -0.1) is 0 Å². The summed E-state index contributed by atoms with van der Waals surface area (Å²) in [6, 6.07) is 27.0. The van der Waals surface area contributed by atoms with Crippen molar-refractivity contribution in [3.05, 3.63) is 118 Å². The lowest BCUT2D eigenvalue weighted by molar-refractivity contribution is -0.268. The van der Waals surface area contributed by atoms with E-state index in [-0.39, 0.29) is 16.5 Å². The van der Waals surface area contributed by atoms with Crippen LogP contribution in [-0.2, 0) is 10.9 Å². The Morgan fingerprint density at radius 3 is 1.15 bits per heavy atom. The van der Waals surface area contributed by atoms with Crippen molar-refractivity contribution in [1.29, 1.82) is 0 Å². The molecule has 1 N–H and O–H groups in total. The fourth-order valence-electron chi connectivity index (χ4n) is 5.79. The number of aromatic carboxylic acids is 1. The molecular weight excluding hydrogens is 597 g/mol. The highest BCUT2D eigenvalue weighted by molar-refractivity contribution is 7.97. The maximum Gasteiger partial charge on any atom is 0.335 e. The number of para-hydroxylation sites is 1. The van der Waals surface area contributed by atoms with Gasteiger partial charge in [-0.05, 0) is 64.8 Å². The number of carboxylic acids is 1. The van der Waals surface area contributed by atoms with E-state index in [2.05, 4.69) is 138 Å².